The average Bonchev–Trinajstić information content (AvgIpc) is 2.88. The molecule has 1 aromatic heterocycles. The number of fused-ring (bicyclic) bond motifs is 1. The maximum Gasteiger partial charge on any atom is 0.419 e. The number of oxazole rings is 1. The first-order valence-electron chi connectivity index (χ1n) is 7.80. The van der Waals surface area contributed by atoms with Crippen molar-refractivity contribution in [2.45, 2.75) is 31.7 Å². The van der Waals surface area contributed by atoms with E-state index in [0.717, 1.165) is 12.0 Å². The Bertz CT molecular complexity index is 1080. The molecule has 0 fully saturated rings. The molecule has 3 aromatic rings. The zero-order chi connectivity index (χ0) is 18.2. The molecule has 0 unspecified atom stereocenters. The van der Waals surface area contributed by atoms with Crippen molar-refractivity contribution in [1.82, 2.24) is 4.57 Å². The van der Waals surface area contributed by atoms with Crippen molar-refractivity contribution in [2.75, 3.05) is 4.72 Å². The number of nitrogens with zero attached hydrogens (tertiary/aromatic N) is 1. The molecule has 0 radical (unpaired) electrons. The number of halogens is 1. The van der Waals surface area contributed by atoms with Crippen molar-refractivity contribution in [3.8, 4) is 0 Å². The zero-order valence-corrected chi connectivity index (χ0v) is 15.3. The molecule has 1 heterocycles. The van der Waals surface area contributed by atoms with Gasteiger partial charge in [0.15, 0.2) is 5.58 Å². The third-order valence-electron chi connectivity index (χ3n) is 3.94. The van der Waals surface area contributed by atoms with Crippen molar-refractivity contribution in [3.63, 3.8) is 0 Å². The second kappa shape index (κ2) is 6.57. The summed E-state index contributed by atoms with van der Waals surface area (Å²) in [5.74, 6) is -0.550. The van der Waals surface area contributed by atoms with Crippen LogP contribution in [0.4, 0.5) is 5.69 Å². The van der Waals surface area contributed by atoms with Crippen LogP contribution in [0.15, 0.2) is 50.5 Å². The first-order valence-corrected chi connectivity index (χ1v) is 9.66. The minimum atomic E-state index is -3.92. The fraction of sp³-hybridized carbons (Fsp3) is 0.235. The van der Waals surface area contributed by atoms with E-state index in [1.807, 2.05) is 19.1 Å². The molecule has 0 saturated carbocycles. The van der Waals surface area contributed by atoms with Crippen molar-refractivity contribution < 1.29 is 12.8 Å². The van der Waals surface area contributed by atoms with Gasteiger partial charge in [-0.3, -0.25) is 9.29 Å². The molecule has 0 atom stereocenters. The fourth-order valence-corrected chi connectivity index (χ4v) is 4.19. The van der Waals surface area contributed by atoms with Crippen molar-refractivity contribution in [3.05, 3.63) is 57.5 Å². The molecule has 132 valence electrons. The number of hydrogen-bond acceptors (Lipinski definition) is 4. The van der Waals surface area contributed by atoms with Gasteiger partial charge in [-0.15, -0.1) is 0 Å². The molecule has 0 aliphatic carbocycles. The van der Waals surface area contributed by atoms with Gasteiger partial charge in [-0.1, -0.05) is 30.7 Å². The molecule has 1 N–H and O–H groups in total. The molecule has 0 amide bonds. The monoisotopic (exact) mass is 380 g/mol. The summed E-state index contributed by atoms with van der Waals surface area (Å²) in [4.78, 5) is 11.6. The van der Waals surface area contributed by atoms with Crippen LogP contribution >= 0.6 is 11.6 Å². The molecule has 6 nitrogen and oxygen atoms in total. The standard InChI is InChI=1S/C17H17ClN2O4S/c1-3-11-5-7-12(8-6-11)19-25(22,23)16-10-15-14(9-13(16)18)20(4-2)17(21)24-15/h5-10,19H,3-4H2,1-2H3. The predicted octanol–water partition coefficient (Wildman–Crippen LogP) is 3.63. The molecule has 3 rings (SSSR count). The largest absolute Gasteiger partial charge is 0.419 e. The van der Waals surface area contributed by atoms with Crippen LogP contribution in [0.1, 0.15) is 19.4 Å². The summed E-state index contributed by atoms with van der Waals surface area (Å²) < 4.78 is 34.3. The first-order chi connectivity index (χ1) is 11.9. The summed E-state index contributed by atoms with van der Waals surface area (Å²) in [6, 6.07) is 9.78. The van der Waals surface area contributed by atoms with Gasteiger partial charge in [0.1, 0.15) is 4.90 Å². The Balaban J connectivity index is 2.04. The van der Waals surface area contributed by atoms with Gasteiger partial charge in [0.2, 0.25) is 0 Å². The number of nitrogens with one attached hydrogen (secondary N) is 1. The molecule has 0 bridgehead atoms. The second-order valence-corrected chi connectivity index (χ2v) is 7.58. The number of hydrogen-bond donors (Lipinski definition) is 1. The van der Waals surface area contributed by atoms with E-state index in [9.17, 15) is 13.2 Å². The minimum Gasteiger partial charge on any atom is -0.408 e. The van der Waals surface area contributed by atoms with Crippen LogP contribution in [0.2, 0.25) is 5.02 Å². The summed E-state index contributed by atoms with van der Waals surface area (Å²) in [6.07, 6.45) is 0.864. The quantitative estimate of drug-likeness (QED) is 0.732. The Morgan fingerprint density at radius 1 is 1.16 bits per heavy atom. The smallest absolute Gasteiger partial charge is 0.408 e. The lowest BCUT2D eigenvalue weighted by Crippen LogP contribution is -2.14. The van der Waals surface area contributed by atoms with Crippen LogP contribution in [0, 0.1) is 0 Å². The van der Waals surface area contributed by atoms with Gasteiger partial charge in [-0.25, -0.2) is 13.2 Å². The van der Waals surface area contributed by atoms with Crippen molar-refractivity contribution >= 4 is 38.4 Å². The van der Waals surface area contributed by atoms with E-state index in [1.54, 1.807) is 19.1 Å². The highest BCUT2D eigenvalue weighted by atomic mass is 35.5. The van der Waals surface area contributed by atoms with Gasteiger partial charge < -0.3 is 4.42 Å². The van der Waals surface area contributed by atoms with E-state index in [0.29, 0.717) is 17.7 Å². The van der Waals surface area contributed by atoms with Crippen LogP contribution in [0.25, 0.3) is 11.1 Å². The van der Waals surface area contributed by atoms with E-state index >= 15 is 0 Å². The Labute approximate surface area is 150 Å². The maximum atomic E-state index is 12.7. The van der Waals surface area contributed by atoms with Crippen LogP contribution in [0.5, 0.6) is 0 Å². The molecule has 25 heavy (non-hydrogen) atoms. The third-order valence-corrected chi connectivity index (χ3v) is 5.79. The molecular formula is C17H17ClN2O4S. The van der Waals surface area contributed by atoms with Gasteiger partial charge in [0.05, 0.1) is 10.5 Å². The van der Waals surface area contributed by atoms with Crippen LogP contribution in [-0.2, 0) is 23.0 Å². The van der Waals surface area contributed by atoms with Crippen LogP contribution in [-0.4, -0.2) is 13.0 Å². The Morgan fingerprint density at radius 3 is 2.44 bits per heavy atom. The lowest BCUT2D eigenvalue weighted by molar-refractivity contribution is 0.512. The Kier molecular flexibility index (Phi) is 4.62. The number of aryl methyl sites for hydroxylation is 2. The summed E-state index contributed by atoms with van der Waals surface area (Å²) in [5, 5.41) is 0.0215. The first kappa shape index (κ1) is 17.6. The van der Waals surface area contributed by atoms with Gasteiger partial charge >= 0.3 is 5.76 Å². The molecule has 8 heteroatoms. The third kappa shape index (κ3) is 3.29. The SMILES string of the molecule is CCc1ccc(NS(=O)(=O)c2cc3oc(=O)n(CC)c3cc2Cl)cc1. The summed E-state index contributed by atoms with van der Waals surface area (Å²) >= 11 is 6.16. The summed E-state index contributed by atoms with van der Waals surface area (Å²) in [6.45, 7) is 4.21. The van der Waals surface area contributed by atoms with Crippen LogP contribution in [0.3, 0.4) is 0 Å². The van der Waals surface area contributed by atoms with E-state index in [-0.39, 0.29) is 15.5 Å². The Hall–Kier alpha value is -2.25. The van der Waals surface area contributed by atoms with Gasteiger partial charge in [0.25, 0.3) is 10.0 Å². The van der Waals surface area contributed by atoms with Crippen molar-refractivity contribution in [2.24, 2.45) is 0 Å². The number of rotatable bonds is 5. The van der Waals surface area contributed by atoms with Gasteiger partial charge in [-0.05, 0) is 37.1 Å². The molecule has 0 saturated heterocycles. The highest BCUT2D eigenvalue weighted by Crippen LogP contribution is 2.29. The van der Waals surface area contributed by atoms with Crippen molar-refractivity contribution in [1.29, 1.82) is 0 Å². The molecule has 0 aliphatic rings. The molecule has 0 aliphatic heterocycles. The normalized spacial score (nSPS) is 11.8. The Morgan fingerprint density at radius 2 is 1.84 bits per heavy atom. The van der Waals surface area contributed by atoms with Gasteiger partial charge in [-0.2, -0.15) is 0 Å². The lowest BCUT2D eigenvalue weighted by atomic mass is 10.2. The molecular weight excluding hydrogens is 364 g/mol. The number of aromatic nitrogens is 1. The topological polar surface area (TPSA) is 81.3 Å². The maximum absolute atomic E-state index is 12.7. The van der Waals surface area contributed by atoms with E-state index in [1.165, 1.54) is 16.7 Å². The van der Waals surface area contributed by atoms with E-state index in [4.69, 9.17) is 16.0 Å². The lowest BCUT2D eigenvalue weighted by Gasteiger charge is -2.10. The molecule has 0 spiro atoms. The summed E-state index contributed by atoms with van der Waals surface area (Å²) in [5.41, 5.74) is 2.17. The number of benzene rings is 2. The van der Waals surface area contributed by atoms with Gasteiger partial charge in [0, 0.05) is 18.3 Å². The van der Waals surface area contributed by atoms with Crippen LogP contribution < -0.4 is 10.5 Å². The van der Waals surface area contributed by atoms with E-state index in [2.05, 4.69) is 4.72 Å². The minimum absolute atomic E-state index is 0.0215. The highest BCUT2D eigenvalue weighted by molar-refractivity contribution is 7.92. The van der Waals surface area contributed by atoms with E-state index < -0.39 is 15.8 Å². The predicted molar refractivity (Wildman–Crippen MR) is 97.8 cm³/mol. The number of anilines is 1. The summed E-state index contributed by atoms with van der Waals surface area (Å²) in [7, 11) is -3.92. The molecule has 2 aromatic carbocycles. The zero-order valence-electron chi connectivity index (χ0n) is 13.7. The average molecular weight is 381 g/mol. The highest BCUT2D eigenvalue weighted by Gasteiger charge is 2.21. The number of sulfonamides is 1. The second-order valence-electron chi connectivity index (χ2n) is 5.52. The fourth-order valence-electron chi connectivity index (χ4n) is 2.59.